The molecule has 1 aliphatic heterocycles. The fourth-order valence-corrected chi connectivity index (χ4v) is 4.29. The predicted molar refractivity (Wildman–Crippen MR) is 109 cm³/mol. The van der Waals surface area contributed by atoms with Crippen LogP contribution in [0.4, 0.5) is 10.2 Å². The maximum Gasteiger partial charge on any atom is 0.256 e. The fourth-order valence-electron chi connectivity index (χ4n) is 4.29. The molecule has 0 aromatic carbocycles. The molecule has 5 rings (SSSR count). The van der Waals surface area contributed by atoms with Crippen LogP contribution in [-0.2, 0) is 7.05 Å². The summed E-state index contributed by atoms with van der Waals surface area (Å²) in [6.07, 6.45) is 9.22. The number of fused-ring (bicyclic) bond motifs is 1. The van der Waals surface area contributed by atoms with Gasteiger partial charge in [-0.15, -0.1) is 0 Å². The first kappa shape index (κ1) is 18.8. The van der Waals surface area contributed by atoms with Crippen LogP contribution in [0.2, 0.25) is 0 Å². The Kier molecular flexibility index (Phi) is 4.52. The molecule has 9 heteroatoms. The Morgan fingerprint density at radius 1 is 1.27 bits per heavy atom. The zero-order chi connectivity index (χ0) is 20.8. The summed E-state index contributed by atoms with van der Waals surface area (Å²) in [5.74, 6) is 0.0407. The van der Waals surface area contributed by atoms with Crippen LogP contribution in [-0.4, -0.2) is 37.7 Å². The minimum Gasteiger partial charge on any atom is -0.349 e. The van der Waals surface area contributed by atoms with Gasteiger partial charge in [0.25, 0.3) is 11.5 Å². The Labute approximate surface area is 172 Å². The summed E-state index contributed by atoms with van der Waals surface area (Å²) < 4.78 is 16.8. The number of halogens is 1. The monoisotopic (exact) mass is 410 g/mol. The Hall–Kier alpha value is -3.23. The molecule has 30 heavy (non-hydrogen) atoms. The molecule has 8 nitrogen and oxygen atoms in total. The van der Waals surface area contributed by atoms with Gasteiger partial charge in [-0.05, 0) is 44.2 Å². The van der Waals surface area contributed by atoms with E-state index in [-0.39, 0.29) is 23.6 Å². The molecule has 1 amide bonds. The van der Waals surface area contributed by atoms with Crippen LogP contribution in [0.1, 0.15) is 54.1 Å². The van der Waals surface area contributed by atoms with Crippen LogP contribution in [0.15, 0.2) is 35.5 Å². The molecule has 3 aromatic rings. The van der Waals surface area contributed by atoms with Crippen molar-refractivity contribution in [3.05, 3.63) is 58.0 Å². The minimum atomic E-state index is -0.437. The molecule has 1 unspecified atom stereocenters. The van der Waals surface area contributed by atoms with Crippen LogP contribution < -0.4 is 15.8 Å². The largest absolute Gasteiger partial charge is 0.349 e. The quantitative estimate of drug-likeness (QED) is 0.713. The molecule has 0 bridgehead atoms. The molecular formula is C21H23FN6O2. The second kappa shape index (κ2) is 7.23. The van der Waals surface area contributed by atoms with Gasteiger partial charge in [0.2, 0.25) is 0 Å². The summed E-state index contributed by atoms with van der Waals surface area (Å²) in [7, 11) is 1.55. The van der Waals surface area contributed by atoms with E-state index in [1.54, 1.807) is 17.8 Å². The molecule has 0 radical (unpaired) electrons. The second-order valence-corrected chi connectivity index (χ2v) is 8.09. The van der Waals surface area contributed by atoms with E-state index in [0.717, 1.165) is 32.1 Å². The number of aryl methyl sites for hydroxylation is 1. The van der Waals surface area contributed by atoms with E-state index >= 15 is 0 Å². The molecule has 1 saturated carbocycles. The van der Waals surface area contributed by atoms with Crippen molar-refractivity contribution in [2.45, 2.75) is 44.2 Å². The van der Waals surface area contributed by atoms with Crippen molar-refractivity contribution in [2.75, 3.05) is 11.4 Å². The number of pyridine rings is 1. The van der Waals surface area contributed by atoms with Gasteiger partial charge >= 0.3 is 0 Å². The molecule has 0 spiro atoms. The van der Waals surface area contributed by atoms with Gasteiger partial charge in [0, 0.05) is 37.6 Å². The fraction of sp³-hybridized carbons (Fsp3) is 0.429. The van der Waals surface area contributed by atoms with Crippen LogP contribution in [0.3, 0.4) is 0 Å². The van der Waals surface area contributed by atoms with Gasteiger partial charge in [-0.1, -0.05) is 0 Å². The van der Waals surface area contributed by atoms with E-state index in [2.05, 4.69) is 10.4 Å². The molecule has 4 heterocycles. The van der Waals surface area contributed by atoms with Gasteiger partial charge in [0.05, 0.1) is 12.2 Å². The smallest absolute Gasteiger partial charge is 0.256 e. The Balaban J connectivity index is 1.50. The molecule has 1 saturated heterocycles. The third-order valence-electron chi connectivity index (χ3n) is 6.12. The van der Waals surface area contributed by atoms with Gasteiger partial charge in [-0.25, -0.2) is 13.9 Å². The summed E-state index contributed by atoms with van der Waals surface area (Å²) in [6.45, 7) is 0.700. The highest BCUT2D eigenvalue weighted by Crippen LogP contribution is 2.34. The van der Waals surface area contributed by atoms with E-state index in [0.29, 0.717) is 29.1 Å². The summed E-state index contributed by atoms with van der Waals surface area (Å²) in [5, 5.41) is 7.27. The molecular weight excluding hydrogens is 387 g/mol. The average Bonchev–Trinajstić information content (AvgIpc) is 3.33. The molecule has 1 aliphatic carbocycles. The van der Waals surface area contributed by atoms with Gasteiger partial charge in [-0.2, -0.15) is 5.10 Å². The molecule has 156 valence electrons. The number of nitrogens with one attached hydrogen (secondary N) is 1. The number of carbonyl (C=O) groups excluding carboxylic acids is 1. The van der Waals surface area contributed by atoms with Crippen LogP contribution in [0, 0.1) is 5.82 Å². The molecule has 1 N–H and O–H groups in total. The highest BCUT2D eigenvalue weighted by molar-refractivity contribution is 6.00. The molecule has 2 aliphatic rings. The first-order valence-electron chi connectivity index (χ1n) is 10.3. The number of rotatable bonds is 4. The lowest BCUT2D eigenvalue weighted by molar-refractivity contribution is 0.0918. The molecule has 1 atom stereocenters. The maximum atomic E-state index is 14.0. The minimum absolute atomic E-state index is 0.170. The van der Waals surface area contributed by atoms with Crippen molar-refractivity contribution in [1.82, 2.24) is 24.5 Å². The van der Waals surface area contributed by atoms with Crippen LogP contribution in [0.25, 0.3) is 5.65 Å². The van der Waals surface area contributed by atoms with Crippen molar-refractivity contribution < 1.29 is 9.18 Å². The number of hydrogen-bond acceptors (Lipinski definition) is 5. The third-order valence-corrected chi connectivity index (χ3v) is 6.12. The van der Waals surface area contributed by atoms with Crippen molar-refractivity contribution in [3.63, 3.8) is 0 Å². The average molecular weight is 410 g/mol. The summed E-state index contributed by atoms with van der Waals surface area (Å²) in [6, 6.07) is 3.10. The first-order valence-corrected chi connectivity index (χ1v) is 10.3. The lowest BCUT2D eigenvalue weighted by Gasteiger charge is -2.26. The lowest BCUT2D eigenvalue weighted by atomic mass is 9.93. The van der Waals surface area contributed by atoms with E-state index in [1.165, 1.54) is 23.0 Å². The Morgan fingerprint density at radius 2 is 2.10 bits per heavy atom. The number of aromatic nitrogens is 4. The van der Waals surface area contributed by atoms with Crippen molar-refractivity contribution >= 4 is 17.4 Å². The number of hydrogen-bond donors (Lipinski definition) is 1. The zero-order valence-electron chi connectivity index (χ0n) is 16.7. The number of nitrogens with zero attached hydrogens (tertiary/aromatic N) is 5. The molecule has 3 aromatic heterocycles. The Morgan fingerprint density at radius 3 is 2.87 bits per heavy atom. The third kappa shape index (κ3) is 3.14. The normalized spacial score (nSPS) is 19.3. The van der Waals surface area contributed by atoms with Gasteiger partial charge in [0.1, 0.15) is 17.2 Å². The van der Waals surface area contributed by atoms with Crippen molar-refractivity contribution in [3.8, 4) is 0 Å². The number of anilines is 1. The highest BCUT2D eigenvalue weighted by Gasteiger charge is 2.30. The summed E-state index contributed by atoms with van der Waals surface area (Å²) in [4.78, 5) is 32.0. The van der Waals surface area contributed by atoms with Crippen LogP contribution >= 0.6 is 0 Å². The standard InChI is InChI=1S/C21H23FN6O2/c1-26-12-13(22)10-15(21(26)30)17-6-3-8-27(17)18-7-9-28-19(25-18)16(11-23-28)20(29)24-14-4-2-5-14/h7,9-12,14,17H,2-6,8H2,1H3,(H,24,29). The predicted octanol–water partition coefficient (Wildman–Crippen LogP) is 2.19. The SMILES string of the molecule is Cn1cc(F)cc(C2CCCN2c2ccn3ncc(C(=O)NC4CCC4)c3n2)c1=O. The van der Waals surface area contributed by atoms with Gasteiger partial charge in [0.15, 0.2) is 5.65 Å². The van der Waals surface area contributed by atoms with E-state index in [1.807, 2.05) is 11.0 Å². The second-order valence-electron chi connectivity index (χ2n) is 8.09. The lowest BCUT2D eigenvalue weighted by Crippen LogP contribution is -2.39. The summed E-state index contributed by atoms with van der Waals surface area (Å²) >= 11 is 0. The van der Waals surface area contributed by atoms with Crippen LogP contribution in [0.5, 0.6) is 0 Å². The number of carbonyl (C=O) groups is 1. The van der Waals surface area contributed by atoms with Crippen molar-refractivity contribution in [1.29, 1.82) is 0 Å². The Bertz CT molecular complexity index is 1180. The van der Waals surface area contributed by atoms with Gasteiger partial charge < -0.3 is 14.8 Å². The first-order chi connectivity index (χ1) is 14.5. The molecule has 2 fully saturated rings. The van der Waals surface area contributed by atoms with E-state index in [9.17, 15) is 14.0 Å². The highest BCUT2D eigenvalue weighted by atomic mass is 19.1. The summed E-state index contributed by atoms with van der Waals surface area (Å²) in [5.41, 5.74) is 1.12. The van der Waals surface area contributed by atoms with E-state index in [4.69, 9.17) is 4.98 Å². The zero-order valence-corrected chi connectivity index (χ0v) is 16.7. The maximum absolute atomic E-state index is 14.0. The number of amides is 1. The topological polar surface area (TPSA) is 84.5 Å². The van der Waals surface area contributed by atoms with Crippen molar-refractivity contribution in [2.24, 2.45) is 7.05 Å². The van der Waals surface area contributed by atoms with E-state index < -0.39 is 5.82 Å². The van der Waals surface area contributed by atoms with Gasteiger partial charge in [-0.3, -0.25) is 9.59 Å².